The van der Waals surface area contributed by atoms with E-state index in [1.807, 2.05) is 6.07 Å². The Kier molecular flexibility index (Phi) is 5.55. The van der Waals surface area contributed by atoms with Crippen molar-refractivity contribution in [3.05, 3.63) is 50.7 Å². The van der Waals surface area contributed by atoms with Gasteiger partial charge in [0, 0.05) is 34.5 Å². The molecule has 32 heavy (non-hydrogen) atoms. The first kappa shape index (κ1) is 20.9. The molecule has 1 heterocycles. The molecule has 8 heteroatoms. The second-order valence-corrected chi connectivity index (χ2v) is 9.83. The van der Waals surface area contributed by atoms with Crippen molar-refractivity contribution in [3.63, 3.8) is 0 Å². The van der Waals surface area contributed by atoms with E-state index in [0.29, 0.717) is 36.5 Å². The van der Waals surface area contributed by atoms with Crippen molar-refractivity contribution in [3.8, 4) is 5.75 Å². The van der Waals surface area contributed by atoms with E-state index < -0.39 is 5.63 Å². The zero-order chi connectivity index (χ0) is 22.1. The lowest BCUT2D eigenvalue weighted by Crippen LogP contribution is -2.60. The first-order valence-corrected chi connectivity index (χ1v) is 11.5. The number of ether oxygens (including phenoxy) is 1. The van der Waals surface area contributed by atoms with Crippen LogP contribution in [0.3, 0.4) is 0 Å². The van der Waals surface area contributed by atoms with Crippen molar-refractivity contribution < 1.29 is 13.9 Å². The summed E-state index contributed by atoms with van der Waals surface area (Å²) >= 11 is 0. The lowest BCUT2D eigenvalue weighted by molar-refractivity contribution is -0.126. The first-order valence-electron chi connectivity index (χ1n) is 11.5. The summed E-state index contributed by atoms with van der Waals surface area (Å²) in [6.45, 7) is 0.754. The highest BCUT2D eigenvalue weighted by atomic mass is 16.5. The van der Waals surface area contributed by atoms with E-state index in [9.17, 15) is 9.59 Å². The molecule has 6 rings (SSSR count). The van der Waals surface area contributed by atoms with Gasteiger partial charge >= 0.3 is 5.63 Å². The van der Waals surface area contributed by atoms with Gasteiger partial charge in [0.2, 0.25) is 5.91 Å². The van der Waals surface area contributed by atoms with Gasteiger partial charge in [-0.25, -0.2) is 4.79 Å². The van der Waals surface area contributed by atoms with Crippen LogP contribution < -0.4 is 15.7 Å². The summed E-state index contributed by atoms with van der Waals surface area (Å²) in [5.74, 6) is 2.83. The third-order valence-electron chi connectivity index (χ3n) is 7.33. The van der Waals surface area contributed by atoms with Gasteiger partial charge in [-0.05, 0) is 85.9 Å². The monoisotopic (exact) mass is 436 g/mol. The molecule has 1 amide bonds. The first-order chi connectivity index (χ1) is 15.5. The van der Waals surface area contributed by atoms with Crippen molar-refractivity contribution in [1.82, 2.24) is 5.32 Å². The highest BCUT2D eigenvalue weighted by Gasteiger charge is 2.51. The zero-order valence-electron chi connectivity index (χ0n) is 18.1. The Morgan fingerprint density at radius 2 is 1.91 bits per heavy atom. The Balaban J connectivity index is 1.29. The molecule has 168 valence electrons. The van der Waals surface area contributed by atoms with Gasteiger partial charge in [0.1, 0.15) is 11.3 Å². The van der Waals surface area contributed by atoms with Crippen molar-refractivity contribution in [2.24, 2.45) is 22.9 Å². The number of carbonyl (C=O) groups excluding carboxylic acids is 1. The number of carbonyl (C=O) groups is 1. The molecule has 1 N–H and O–H groups in total. The fraction of sp³-hybridized carbons (Fsp3) is 0.583. The van der Waals surface area contributed by atoms with Crippen LogP contribution in [-0.4, -0.2) is 24.6 Å². The van der Waals surface area contributed by atoms with Crippen LogP contribution in [0.2, 0.25) is 0 Å². The molecule has 0 aliphatic heterocycles. The molecule has 0 unspecified atom stereocenters. The SMILES string of the molecule is [N-]=[N+]=NCCCOc1ccc2c(CC(=O)NC34CC5CC(CC(C5)C3)C4)cc(=O)oc2c1. The normalized spacial score (nSPS) is 27.8. The lowest BCUT2D eigenvalue weighted by atomic mass is 9.53. The number of hydrogen-bond acceptors (Lipinski definition) is 5. The van der Waals surface area contributed by atoms with Gasteiger partial charge < -0.3 is 14.5 Å². The summed E-state index contributed by atoms with van der Waals surface area (Å²) in [6, 6.07) is 6.72. The van der Waals surface area contributed by atoms with Crippen molar-refractivity contribution >= 4 is 16.9 Å². The van der Waals surface area contributed by atoms with Crippen LogP contribution in [-0.2, 0) is 11.2 Å². The van der Waals surface area contributed by atoms with Crippen molar-refractivity contribution in [1.29, 1.82) is 0 Å². The minimum atomic E-state index is -0.476. The molecular formula is C24H28N4O4. The summed E-state index contributed by atoms with van der Waals surface area (Å²) < 4.78 is 11.0. The lowest BCUT2D eigenvalue weighted by Gasteiger charge is -2.56. The summed E-state index contributed by atoms with van der Waals surface area (Å²) in [6.07, 6.45) is 8.04. The number of hydrogen-bond donors (Lipinski definition) is 1. The number of rotatable bonds is 8. The molecule has 4 aliphatic rings. The van der Waals surface area contributed by atoms with E-state index >= 15 is 0 Å². The van der Waals surface area contributed by atoms with Gasteiger partial charge in [0.15, 0.2) is 0 Å². The molecule has 4 aliphatic carbocycles. The molecule has 0 radical (unpaired) electrons. The van der Waals surface area contributed by atoms with E-state index in [1.165, 1.54) is 25.3 Å². The molecule has 8 nitrogen and oxygen atoms in total. The fourth-order valence-corrected chi connectivity index (χ4v) is 6.59. The summed E-state index contributed by atoms with van der Waals surface area (Å²) in [5.41, 5.74) is 8.87. The number of nitrogens with one attached hydrogen (secondary N) is 1. The van der Waals surface area contributed by atoms with Crippen molar-refractivity contribution in [2.45, 2.75) is 56.9 Å². The maximum atomic E-state index is 13.0. The van der Waals surface area contributed by atoms with Crippen LogP contribution in [0.5, 0.6) is 5.75 Å². The third-order valence-corrected chi connectivity index (χ3v) is 7.33. The largest absolute Gasteiger partial charge is 0.493 e. The molecule has 2 aromatic rings. The number of amides is 1. The molecule has 4 saturated carbocycles. The number of fused-ring (bicyclic) bond motifs is 1. The van der Waals surface area contributed by atoms with Crippen LogP contribution in [0.4, 0.5) is 0 Å². The van der Waals surface area contributed by atoms with Crippen LogP contribution >= 0.6 is 0 Å². The van der Waals surface area contributed by atoms with Gasteiger partial charge in [-0.15, -0.1) is 0 Å². The predicted molar refractivity (Wildman–Crippen MR) is 119 cm³/mol. The third kappa shape index (κ3) is 4.32. The summed E-state index contributed by atoms with van der Waals surface area (Å²) in [4.78, 5) is 27.9. The molecule has 0 atom stereocenters. The molecule has 4 bridgehead atoms. The smallest absolute Gasteiger partial charge is 0.336 e. The van der Waals surface area contributed by atoms with E-state index in [0.717, 1.165) is 42.4 Å². The Bertz CT molecular complexity index is 1100. The fourth-order valence-electron chi connectivity index (χ4n) is 6.59. The van der Waals surface area contributed by atoms with Crippen LogP contribution in [0, 0.1) is 17.8 Å². The predicted octanol–water partition coefficient (Wildman–Crippen LogP) is 4.50. The van der Waals surface area contributed by atoms with Crippen LogP contribution in [0.15, 0.2) is 38.6 Å². The van der Waals surface area contributed by atoms with E-state index in [-0.39, 0.29) is 17.9 Å². The molecule has 4 fully saturated rings. The number of azide groups is 1. The standard InChI is InChI=1S/C24H28N4O4/c25-28-26-4-1-5-31-19-2-3-20-18(10-23(30)32-21(20)11-19)9-22(29)27-24-12-15-6-16(13-24)8-17(7-15)14-24/h2-3,10-11,15-17H,1,4-9,12-14H2,(H,27,29). The maximum Gasteiger partial charge on any atom is 0.336 e. The summed E-state index contributed by atoms with van der Waals surface area (Å²) in [7, 11) is 0. The van der Waals surface area contributed by atoms with E-state index in [2.05, 4.69) is 15.3 Å². The van der Waals surface area contributed by atoms with Crippen LogP contribution in [0.25, 0.3) is 21.4 Å². The Labute approximate surface area is 185 Å². The Hall–Kier alpha value is -2.99. The van der Waals surface area contributed by atoms with Gasteiger partial charge in [0.05, 0.1) is 13.0 Å². The number of benzene rings is 1. The van der Waals surface area contributed by atoms with E-state index in [1.54, 1.807) is 12.1 Å². The summed E-state index contributed by atoms with van der Waals surface area (Å²) in [5, 5.41) is 7.60. The van der Waals surface area contributed by atoms with E-state index in [4.69, 9.17) is 14.7 Å². The molecular weight excluding hydrogens is 408 g/mol. The second-order valence-electron chi connectivity index (χ2n) is 9.83. The highest BCUT2D eigenvalue weighted by molar-refractivity contribution is 5.88. The molecule has 0 spiro atoms. The number of nitrogens with zero attached hydrogens (tertiary/aromatic N) is 3. The van der Waals surface area contributed by atoms with Crippen LogP contribution in [0.1, 0.15) is 50.5 Å². The maximum absolute atomic E-state index is 13.0. The minimum Gasteiger partial charge on any atom is -0.493 e. The highest BCUT2D eigenvalue weighted by Crippen LogP contribution is 2.55. The average Bonchev–Trinajstić information content (AvgIpc) is 2.71. The van der Waals surface area contributed by atoms with Gasteiger partial charge in [-0.1, -0.05) is 5.11 Å². The average molecular weight is 437 g/mol. The Morgan fingerprint density at radius 1 is 1.19 bits per heavy atom. The Morgan fingerprint density at radius 3 is 2.59 bits per heavy atom. The zero-order valence-corrected chi connectivity index (χ0v) is 18.1. The molecule has 1 aromatic carbocycles. The second kappa shape index (κ2) is 8.51. The van der Waals surface area contributed by atoms with Gasteiger partial charge in [-0.3, -0.25) is 4.79 Å². The van der Waals surface area contributed by atoms with Gasteiger partial charge in [-0.2, -0.15) is 0 Å². The quantitative estimate of drug-likeness (QED) is 0.215. The van der Waals surface area contributed by atoms with Gasteiger partial charge in [0.25, 0.3) is 0 Å². The molecule has 1 aromatic heterocycles. The minimum absolute atomic E-state index is 0.0165. The topological polar surface area (TPSA) is 117 Å². The molecule has 0 saturated heterocycles. The van der Waals surface area contributed by atoms with Crippen molar-refractivity contribution in [2.75, 3.05) is 13.2 Å².